The average Bonchev–Trinajstić information content (AvgIpc) is 3.29. The normalized spacial score (nSPS) is 20.1. The van der Waals surface area contributed by atoms with Crippen molar-refractivity contribution >= 4 is 0 Å². The summed E-state index contributed by atoms with van der Waals surface area (Å²) in [6.45, 7) is 13.1. The summed E-state index contributed by atoms with van der Waals surface area (Å²) in [6.07, 6.45) is 24.7. The predicted octanol–water partition coefficient (Wildman–Crippen LogP) is 10.2. The molecule has 2 heteroatoms. The number of hydrogen-bond acceptors (Lipinski definition) is 0. The van der Waals surface area contributed by atoms with E-state index in [1.54, 1.807) is 22.3 Å². The van der Waals surface area contributed by atoms with E-state index in [4.69, 9.17) is 0 Å². The molecule has 0 spiro atoms. The highest BCUT2D eigenvalue weighted by Gasteiger charge is 2.42. The number of piperidine rings is 2. The Balaban J connectivity index is 1.27. The maximum absolute atomic E-state index is 2.63. The third kappa shape index (κ3) is 7.96. The monoisotopic (exact) mass is 587 g/mol. The first-order valence-electron chi connectivity index (χ1n) is 18.8. The molecule has 0 saturated carbocycles. The first-order chi connectivity index (χ1) is 20.9. The Morgan fingerprint density at radius 2 is 0.907 bits per heavy atom. The van der Waals surface area contributed by atoms with Crippen LogP contribution in [0.4, 0.5) is 0 Å². The van der Waals surface area contributed by atoms with Crippen LogP contribution in [0.5, 0.6) is 0 Å². The predicted molar refractivity (Wildman–Crippen MR) is 187 cm³/mol. The van der Waals surface area contributed by atoms with Gasteiger partial charge >= 0.3 is 0 Å². The molecule has 238 valence electrons. The molecular formula is C41H66N2+2. The van der Waals surface area contributed by atoms with Gasteiger partial charge in [-0.15, -0.1) is 0 Å². The van der Waals surface area contributed by atoms with Crippen molar-refractivity contribution in [3.05, 3.63) is 58.7 Å². The van der Waals surface area contributed by atoms with Gasteiger partial charge in [-0.3, -0.25) is 0 Å². The van der Waals surface area contributed by atoms with Gasteiger partial charge in [0.1, 0.15) is 0 Å². The molecule has 0 unspecified atom stereocenters. The second-order valence-electron chi connectivity index (χ2n) is 15.6. The van der Waals surface area contributed by atoms with Crippen LogP contribution in [0.25, 0.3) is 11.1 Å². The number of fused-ring (bicyclic) bond motifs is 3. The molecule has 2 heterocycles. The molecule has 0 aromatic heterocycles. The second kappa shape index (κ2) is 15.1. The van der Waals surface area contributed by atoms with Gasteiger partial charge in [-0.1, -0.05) is 75.9 Å². The summed E-state index contributed by atoms with van der Waals surface area (Å²) in [5, 5.41) is 0. The Labute approximate surface area is 266 Å². The van der Waals surface area contributed by atoms with Crippen LogP contribution in [0, 0.1) is 0 Å². The summed E-state index contributed by atoms with van der Waals surface area (Å²) in [5.74, 6) is 0. The lowest BCUT2D eigenvalue weighted by Gasteiger charge is -2.38. The fourth-order valence-corrected chi connectivity index (χ4v) is 9.24. The maximum atomic E-state index is 2.63. The first kappa shape index (κ1) is 32.7. The van der Waals surface area contributed by atoms with Crippen molar-refractivity contribution in [2.75, 3.05) is 53.4 Å². The average molecular weight is 587 g/mol. The van der Waals surface area contributed by atoms with Crippen LogP contribution in [0.15, 0.2) is 36.4 Å². The second-order valence-corrected chi connectivity index (χ2v) is 15.6. The van der Waals surface area contributed by atoms with Gasteiger partial charge in [-0.25, -0.2) is 0 Å². The standard InChI is InChI=1S/C41H66N2/c1-5-35-21-23-37-38-24-22-36(6-2)34-40(38)41(39(37)33-35,25-13-7-9-15-27-42(3)29-17-11-18-30-42)26-14-8-10-16-28-43(4)31-19-12-20-32-43/h21-24,33-34H,5-20,25-32H2,1-4H3/q+2. The SMILES string of the molecule is CCc1ccc2c(c1)C(CCCCCC[N+]1(C)CCCCC1)(CCCCCC[N+]1(C)CCCCC1)c1cc(CC)ccc1-2. The quantitative estimate of drug-likeness (QED) is 0.136. The van der Waals surface area contributed by atoms with Gasteiger partial charge in [-0.05, 0) is 123 Å². The third-order valence-corrected chi connectivity index (χ3v) is 12.2. The Hall–Kier alpha value is -1.64. The molecule has 2 fully saturated rings. The number of quaternary nitrogens is 2. The number of unbranched alkanes of at least 4 members (excludes halogenated alkanes) is 6. The first-order valence-corrected chi connectivity index (χ1v) is 18.8. The highest BCUT2D eigenvalue weighted by Crippen LogP contribution is 2.54. The molecule has 2 aromatic carbocycles. The molecular weight excluding hydrogens is 520 g/mol. The lowest BCUT2D eigenvalue weighted by Crippen LogP contribution is -2.48. The molecule has 2 saturated heterocycles. The number of rotatable bonds is 16. The van der Waals surface area contributed by atoms with Gasteiger partial charge in [0.25, 0.3) is 0 Å². The van der Waals surface area contributed by atoms with Crippen LogP contribution in [-0.2, 0) is 18.3 Å². The largest absolute Gasteiger partial charge is 0.326 e. The molecule has 0 amide bonds. The van der Waals surface area contributed by atoms with Gasteiger partial charge in [0.2, 0.25) is 0 Å². The summed E-state index contributed by atoms with van der Waals surface area (Å²) in [5.41, 5.74) is 9.67. The minimum Gasteiger partial charge on any atom is -0.326 e. The molecule has 0 bridgehead atoms. The van der Waals surface area contributed by atoms with Crippen LogP contribution in [-0.4, -0.2) is 62.3 Å². The minimum atomic E-state index is 0.206. The fourth-order valence-electron chi connectivity index (χ4n) is 9.24. The molecule has 3 aliphatic rings. The number of likely N-dealkylation sites (tertiary alicyclic amines) is 2. The highest BCUT2D eigenvalue weighted by molar-refractivity contribution is 5.81. The number of aryl methyl sites for hydroxylation is 2. The molecule has 1 aliphatic carbocycles. The van der Waals surface area contributed by atoms with Gasteiger partial charge in [-0.2, -0.15) is 0 Å². The molecule has 2 nitrogen and oxygen atoms in total. The molecule has 0 radical (unpaired) electrons. The maximum Gasteiger partial charge on any atom is 0.0784 e. The van der Waals surface area contributed by atoms with Crippen LogP contribution in [0.1, 0.15) is 139 Å². The van der Waals surface area contributed by atoms with E-state index >= 15 is 0 Å². The summed E-state index contributed by atoms with van der Waals surface area (Å²) in [4.78, 5) is 0. The van der Waals surface area contributed by atoms with Crippen molar-refractivity contribution in [2.24, 2.45) is 0 Å². The van der Waals surface area contributed by atoms with E-state index in [0.717, 1.165) is 12.8 Å². The number of benzene rings is 2. The summed E-state index contributed by atoms with van der Waals surface area (Å²) in [6, 6.07) is 15.0. The van der Waals surface area contributed by atoms with Crippen molar-refractivity contribution < 1.29 is 8.97 Å². The Bertz CT molecular complexity index is 1060. The minimum absolute atomic E-state index is 0.206. The van der Waals surface area contributed by atoms with Crippen LogP contribution >= 0.6 is 0 Å². The molecule has 0 atom stereocenters. The summed E-state index contributed by atoms with van der Waals surface area (Å²) < 4.78 is 2.67. The van der Waals surface area contributed by atoms with E-state index in [1.807, 2.05) is 0 Å². The summed E-state index contributed by atoms with van der Waals surface area (Å²) in [7, 11) is 5.04. The van der Waals surface area contributed by atoms with Gasteiger partial charge in [0.15, 0.2) is 0 Å². The van der Waals surface area contributed by atoms with Crippen molar-refractivity contribution in [3.63, 3.8) is 0 Å². The van der Waals surface area contributed by atoms with Crippen molar-refractivity contribution in [2.45, 2.75) is 135 Å². The van der Waals surface area contributed by atoms with Gasteiger partial charge in [0, 0.05) is 5.41 Å². The zero-order valence-corrected chi connectivity index (χ0v) is 28.8. The zero-order valence-electron chi connectivity index (χ0n) is 28.8. The zero-order chi connectivity index (χ0) is 30.2. The summed E-state index contributed by atoms with van der Waals surface area (Å²) >= 11 is 0. The molecule has 2 aliphatic heterocycles. The molecule has 0 N–H and O–H groups in total. The Morgan fingerprint density at radius 3 is 1.30 bits per heavy atom. The van der Waals surface area contributed by atoms with E-state index in [0.29, 0.717) is 0 Å². The topological polar surface area (TPSA) is 0 Å². The Kier molecular flexibility index (Phi) is 11.5. The molecule has 43 heavy (non-hydrogen) atoms. The van der Waals surface area contributed by atoms with Gasteiger partial charge in [0.05, 0.1) is 53.4 Å². The lowest BCUT2D eigenvalue weighted by atomic mass is 9.70. The molecule has 5 rings (SSSR count). The molecule has 2 aromatic rings. The van der Waals surface area contributed by atoms with Crippen LogP contribution in [0.3, 0.4) is 0 Å². The third-order valence-electron chi connectivity index (χ3n) is 12.2. The van der Waals surface area contributed by atoms with Crippen LogP contribution < -0.4 is 0 Å². The number of hydrogen-bond donors (Lipinski definition) is 0. The van der Waals surface area contributed by atoms with Gasteiger partial charge < -0.3 is 8.97 Å². The number of nitrogens with zero attached hydrogens (tertiary/aromatic N) is 2. The smallest absolute Gasteiger partial charge is 0.0784 e. The van der Waals surface area contributed by atoms with Crippen molar-refractivity contribution in [1.82, 2.24) is 0 Å². The lowest BCUT2D eigenvalue weighted by molar-refractivity contribution is -0.914. The Morgan fingerprint density at radius 1 is 0.512 bits per heavy atom. The highest BCUT2D eigenvalue weighted by atomic mass is 15.3. The van der Waals surface area contributed by atoms with E-state index < -0.39 is 0 Å². The van der Waals surface area contributed by atoms with E-state index in [-0.39, 0.29) is 5.41 Å². The van der Waals surface area contributed by atoms with E-state index in [2.05, 4.69) is 64.3 Å². The van der Waals surface area contributed by atoms with E-state index in [1.165, 1.54) is 162 Å². The van der Waals surface area contributed by atoms with Crippen molar-refractivity contribution in [1.29, 1.82) is 0 Å². The van der Waals surface area contributed by atoms with Crippen molar-refractivity contribution in [3.8, 4) is 11.1 Å². The van der Waals surface area contributed by atoms with E-state index in [9.17, 15) is 0 Å². The van der Waals surface area contributed by atoms with Crippen LogP contribution in [0.2, 0.25) is 0 Å². The fraction of sp³-hybridized carbons (Fsp3) is 0.707.